The molecule has 0 bridgehead atoms. The average Bonchev–Trinajstić information content (AvgIpc) is 2.42. The van der Waals surface area contributed by atoms with Gasteiger partial charge in [0.1, 0.15) is 0 Å². The molecule has 1 aliphatic rings. The zero-order chi connectivity index (χ0) is 15.9. The Kier molecular flexibility index (Phi) is 7.67. The molecule has 0 aromatic rings. The van der Waals surface area contributed by atoms with Gasteiger partial charge in [0.05, 0.1) is 0 Å². The van der Waals surface area contributed by atoms with Gasteiger partial charge in [-0.3, -0.25) is 4.79 Å². The van der Waals surface area contributed by atoms with E-state index in [4.69, 9.17) is 10.8 Å². The van der Waals surface area contributed by atoms with E-state index in [1.807, 2.05) is 4.90 Å². The standard InChI is InChI=1S/C17H34N2O2/c1-17(2,3)15(8-10-18)6-7-16(21)19-11-4-5-14(13-19)9-12-20/h14-15,20H,4-13,18H2,1-3H3. The molecule has 3 N–H and O–H groups in total. The molecule has 0 spiro atoms. The van der Waals surface area contributed by atoms with E-state index >= 15 is 0 Å². The quantitative estimate of drug-likeness (QED) is 0.758. The molecule has 2 atom stereocenters. The molecule has 0 aromatic heterocycles. The molecule has 0 saturated carbocycles. The van der Waals surface area contributed by atoms with Crippen molar-refractivity contribution in [3.63, 3.8) is 0 Å². The summed E-state index contributed by atoms with van der Waals surface area (Å²) in [7, 11) is 0. The average molecular weight is 298 g/mol. The van der Waals surface area contributed by atoms with Crippen LogP contribution in [0.3, 0.4) is 0 Å². The van der Waals surface area contributed by atoms with E-state index in [0.717, 1.165) is 45.2 Å². The van der Waals surface area contributed by atoms with Gasteiger partial charge >= 0.3 is 0 Å². The molecule has 0 aromatic carbocycles. The Hall–Kier alpha value is -0.610. The number of nitrogens with zero attached hydrogens (tertiary/aromatic N) is 1. The Labute approximate surface area is 130 Å². The summed E-state index contributed by atoms with van der Waals surface area (Å²) in [5, 5.41) is 9.05. The first-order valence-electron chi connectivity index (χ1n) is 8.47. The maximum atomic E-state index is 12.4. The zero-order valence-electron chi connectivity index (χ0n) is 14.1. The number of aliphatic hydroxyl groups is 1. The molecular formula is C17H34N2O2. The Morgan fingerprint density at radius 1 is 1.38 bits per heavy atom. The largest absolute Gasteiger partial charge is 0.396 e. The van der Waals surface area contributed by atoms with Gasteiger partial charge in [0.2, 0.25) is 5.91 Å². The van der Waals surface area contributed by atoms with E-state index in [1.54, 1.807) is 0 Å². The van der Waals surface area contributed by atoms with E-state index in [9.17, 15) is 4.79 Å². The number of aliphatic hydroxyl groups excluding tert-OH is 1. The van der Waals surface area contributed by atoms with E-state index in [1.165, 1.54) is 0 Å². The number of piperidine rings is 1. The van der Waals surface area contributed by atoms with Gasteiger partial charge < -0.3 is 15.7 Å². The van der Waals surface area contributed by atoms with Crippen LogP contribution < -0.4 is 5.73 Å². The lowest BCUT2D eigenvalue weighted by Gasteiger charge is -2.34. The molecular weight excluding hydrogens is 264 g/mol. The normalized spacial score (nSPS) is 21.4. The van der Waals surface area contributed by atoms with E-state index in [2.05, 4.69) is 20.8 Å². The highest BCUT2D eigenvalue weighted by atomic mass is 16.3. The van der Waals surface area contributed by atoms with Crippen LogP contribution in [0.1, 0.15) is 59.3 Å². The van der Waals surface area contributed by atoms with Crippen molar-refractivity contribution in [2.75, 3.05) is 26.2 Å². The van der Waals surface area contributed by atoms with Crippen molar-refractivity contribution in [1.82, 2.24) is 4.90 Å². The van der Waals surface area contributed by atoms with Gasteiger partial charge in [-0.05, 0) is 55.9 Å². The molecule has 124 valence electrons. The first-order chi connectivity index (χ1) is 9.88. The molecule has 0 aliphatic carbocycles. The summed E-state index contributed by atoms with van der Waals surface area (Å²) in [6.07, 6.45) is 5.59. The van der Waals surface area contributed by atoms with Gasteiger partial charge in [0, 0.05) is 26.1 Å². The highest BCUT2D eigenvalue weighted by Crippen LogP contribution is 2.32. The molecule has 4 nitrogen and oxygen atoms in total. The maximum absolute atomic E-state index is 12.4. The molecule has 1 fully saturated rings. The van der Waals surface area contributed by atoms with Crippen molar-refractivity contribution < 1.29 is 9.90 Å². The lowest BCUT2D eigenvalue weighted by molar-refractivity contribution is -0.133. The van der Waals surface area contributed by atoms with Crippen LogP contribution in [0.15, 0.2) is 0 Å². The molecule has 2 unspecified atom stereocenters. The Balaban J connectivity index is 2.44. The van der Waals surface area contributed by atoms with Crippen LogP contribution in [-0.4, -0.2) is 42.2 Å². The molecule has 4 heteroatoms. The molecule has 1 saturated heterocycles. The lowest BCUT2D eigenvalue weighted by atomic mass is 9.76. The van der Waals surface area contributed by atoms with Crippen LogP contribution >= 0.6 is 0 Å². The fraction of sp³-hybridized carbons (Fsp3) is 0.941. The summed E-state index contributed by atoms with van der Waals surface area (Å²) in [5.74, 6) is 1.27. The number of likely N-dealkylation sites (tertiary alicyclic amines) is 1. The number of rotatable bonds is 7. The van der Waals surface area contributed by atoms with Gasteiger partial charge in [-0.2, -0.15) is 0 Å². The first-order valence-corrected chi connectivity index (χ1v) is 8.47. The van der Waals surface area contributed by atoms with Gasteiger partial charge in [-0.15, -0.1) is 0 Å². The Morgan fingerprint density at radius 2 is 2.10 bits per heavy atom. The van der Waals surface area contributed by atoms with Gasteiger partial charge in [0.15, 0.2) is 0 Å². The number of nitrogens with two attached hydrogens (primary N) is 1. The van der Waals surface area contributed by atoms with Crippen LogP contribution in [0, 0.1) is 17.3 Å². The van der Waals surface area contributed by atoms with Gasteiger partial charge in [-0.25, -0.2) is 0 Å². The maximum Gasteiger partial charge on any atom is 0.222 e. The highest BCUT2D eigenvalue weighted by Gasteiger charge is 2.27. The monoisotopic (exact) mass is 298 g/mol. The van der Waals surface area contributed by atoms with Crippen molar-refractivity contribution in [2.24, 2.45) is 23.0 Å². The van der Waals surface area contributed by atoms with Crippen LogP contribution in [0.4, 0.5) is 0 Å². The summed E-state index contributed by atoms with van der Waals surface area (Å²) in [6, 6.07) is 0. The minimum Gasteiger partial charge on any atom is -0.396 e. The SMILES string of the molecule is CC(C)(C)C(CCN)CCC(=O)N1CCCC(CCO)C1. The smallest absolute Gasteiger partial charge is 0.222 e. The van der Waals surface area contributed by atoms with Gasteiger partial charge in [0.25, 0.3) is 0 Å². The molecule has 21 heavy (non-hydrogen) atoms. The third kappa shape index (κ3) is 6.35. The molecule has 1 heterocycles. The van der Waals surface area contributed by atoms with Crippen molar-refractivity contribution in [3.8, 4) is 0 Å². The lowest BCUT2D eigenvalue weighted by Crippen LogP contribution is -2.40. The zero-order valence-corrected chi connectivity index (χ0v) is 14.1. The van der Waals surface area contributed by atoms with Crippen molar-refractivity contribution in [2.45, 2.75) is 59.3 Å². The molecule has 0 radical (unpaired) electrons. The first kappa shape index (κ1) is 18.4. The summed E-state index contributed by atoms with van der Waals surface area (Å²) in [5.41, 5.74) is 5.92. The fourth-order valence-corrected chi connectivity index (χ4v) is 3.38. The third-order valence-corrected chi connectivity index (χ3v) is 4.86. The van der Waals surface area contributed by atoms with Crippen LogP contribution in [0.25, 0.3) is 0 Å². The number of amides is 1. The minimum absolute atomic E-state index is 0.209. The molecule has 1 amide bonds. The topological polar surface area (TPSA) is 66.6 Å². The second-order valence-corrected chi connectivity index (χ2v) is 7.54. The summed E-state index contributed by atoms with van der Waals surface area (Å²) in [4.78, 5) is 14.4. The summed E-state index contributed by atoms with van der Waals surface area (Å²) in [6.45, 7) is 9.34. The van der Waals surface area contributed by atoms with E-state index < -0.39 is 0 Å². The molecule has 1 aliphatic heterocycles. The summed E-state index contributed by atoms with van der Waals surface area (Å²) < 4.78 is 0. The van der Waals surface area contributed by atoms with Crippen molar-refractivity contribution >= 4 is 5.91 Å². The van der Waals surface area contributed by atoms with Crippen LogP contribution in [0.5, 0.6) is 0 Å². The number of carbonyl (C=O) groups excluding carboxylic acids is 1. The Bertz CT molecular complexity index is 310. The van der Waals surface area contributed by atoms with E-state index in [-0.39, 0.29) is 17.9 Å². The third-order valence-electron chi connectivity index (χ3n) is 4.86. The molecule has 1 rings (SSSR count). The van der Waals surface area contributed by atoms with Crippen molar-refractivity contribution in [3.05, 3.63) is 0 Å². The van der Waals surface area contributed by atoms with Crippen molar-refractivity contribution in [1.29, 1.82) is 0 Å². The second-order valence-electron chi connectivity index (χ2n) is 7.54. The number of carbonyl (C=O) groups is 1. The predicted molar refractivity (Wildman–Crippen MR) is 86.9 cm³/mol. The Morgan fingerprint density at radius 3 is 2.67 bits per heavy atom. The van der Waals surface area contributed by atoms with Gasteiger partial charge in [-0.1, -0.05) is 20.8 Å². The van der Waals surface area contributed by atoms with Crippen LogP contribution in [-0.2, 0) is 4.79 Å². The number of hydrogen-bond acceptors (Lipinski definition) is 3. The van der Waals surface area contributed by atoms with E-state index in [0.29, 0.717) is 24.8 Å². The number of hydrogen-bond donors (Lipinski definition) is 2. The minimum atomic E-state index is 0.209. The van der Waals surface area contributed by atoms with Crippen LogP contribution in [0.2, 0.25) is 0 Å². The predicted octanol–water partition coefficient (Wildman–Crippen LogP) is 2.40. The second kappa shape index (κ2) is 8.74. The summed E-state index contributed by atoms with van der Waals surface area (Å²) >= 11 is 0. The highest BCUT2D eigenvalue weighted by molar-refractivity contribution is 5.76. The fourth-order valence-electron chi connectivity index (χ4n) is 3.38.